The molecule has 5 N–H and O–H groups in total. The van der Waals surface area contributed by atoms with E-state index < -0.39 is 47.1 Å². The Bertz CT molecular complexity index is 1700. The van der Waals surface area contributed by atoms with Gasteiger partial charge in [-0.25, -0.2) is 9.59 Å². The monoisotopic (exact) mass is 742 g/mol. The lowest BCUT2D eigenvalue weighted by atomic mass is 9.75. The fourth-order valence-corrected chi connectivity index (χ4v) is 7.18. The van der Waals surface area contributed by atoms with E-state index in [0.717, 1.165) is 22.5 Å². The first-order valence-corrected chi connectivity index (χ1v) is 18.7. The van der Waals surface area contributed by atoms with Crippen LogP contribution in [0.3, 0.4) is 0 Å². The Morgan fingerprint density at radius 1 is 0.926 bits per heavy atom. The molecule has 0 spiro atoms. The van der Waals surface area contributed by atoms with Gasteiger partial charge in [0.2, 0.25) is 11.8 Å². The number of aryl methyl sites for hydroxylation is 1. The maximum absolute atomic E-state index is 14.6. The van der Waals surface area contributed by atoms with Crippen molar-refractivity contribution >= 4 is 23.9 Å². The van der Waals surface area contributed by atoms with Gasteiger partial charge in [0, 0.05) is 31.2 Å². The van der Waals surface area contributed by atoms with Crippen LogP contribution >= 0.6 is 0 Å². The maximum atomic E-state index is 14.6. The molecular formula is C42H58N6O6. The molecule has 5 amide bonds. The number of methoxy groups -OCH3 is 1. The number of pyridine rings is 1. The molecule has 2 aromatic carbocycles. The average molecular weight is 743 g/mol. The van der Waals surface area contributed by atoms with Crippen LogP contribution in [0.2, 0.25) is 0 Å². The number of hydrogen-bond donors (Lipinski definition) is 5. The zero-order chi connectivity index (χ0) is 39.5. The van der Waals surface area contributed by atoms with Crippen molar-refractivity contribution in [1.29, 1.82) is 0 Å². The summed E-state index contributed by atoms with van der Waals surface area (Å²) < 4.78 is 4.68. The van der Waals surface area contributed by atoms with E-state index in [1.165, 1.54) is 7.11 Å². The van der Waals surface area contributed by atoms with Gasteiger partial charge in [-0.15, -0.1) is 0 Å². The van der Waals surface area contributed by atoms with Gasteiger partial charge < -0.3 is 36.0 Å². The molecule has 5 atom stereocenters. The molecule has 0 aliphatic carbocycles. The Kier molecular flexibility index (Phi) is 14.6. The molecule has 0 bridgehead atoms. The smallest absolute Gasteiger partial charge is 0.406 e. The first kappa shape index (κ1) is 41.8. The molecule has 1 saturated heterocycles. The predicted molar refractivity (Wildman–Crippen MR) is 208 cm³/mol. The molecule has 2 heterocycles. The number of nitrogens with zero attached hydrogens (tertiary/aromatic N) is 2. The number of hydrogen-bond acceptors (Lipinski definition) is 7. The molecule has 54 heavy (non-hydrogen) atoms. The number of urea groups is 1. The molecule has 292 valence electrons. The number of carbonyl (C=O) groups excluding carboxylic acids is 4. The third-order valence-corrected chi connectivity index (χ3v) is 9.84. The van der Waals surface area contributed by atoms with E-state index in [1.54, 1.807) is 4.90 Å². The SMILES string of the molecule is COC(=O)NCC(C)(C)CC(=O)NC(Cc1ccccc1)C(O)CC(Cc1ccccc1)NC(=O)C(C1CNC(=O)N1Cc1cccc(C)n1)C(C)(C)C. The lowest BCUT2D eigenvalue weighted by molar-refractivity contribution is -0.132. The fraction of sp³-hybridized carbons (Fsp3) is 0.500. The largest absolute Gasteiger partial charge is 0.453 e. The predicted octanol–water partition coefficient (Wildman–Crippen LogP) is 4.92. The van der Waals surface area contributed by atoms with Gasteiger partial charge in [-0.05, 0) is 60.3 Å². The van der Waals surface area contributed by atoms with Crippen LogP contribution in [0.4, 0.5) is 9.59 Å². The zero-order valence-electron chi connectivity index (χ0n) is 32.7. The molecule has 1 aliphatic heterocycles. The summed E-state index contributed by atoms with van der Waals surface area (Å²) in [7, 11) is 1.29. The Morgan fingerprint density at radius 2 is 1.56 bits per heavy atom. The molecule has 0 radical (unpaired) electrons. The second-order valence-electron chi connectivity index (χ2n) is 16.2. The molecular weight excluding hydrogens is 684 g/mol. The standard InChI is InChI=1S/C42H58N6O6/c1-28-15-14-20-31(45-28)26-48-34(25-43-39(48)52)37(41(2,3)4)38(51)46-32(21-29-16-10-8-11-17-29)23-35(49)33(22-30-18-12-9-13-19-30)47-36(50)24-42(5,6)27-44-40(53)54-7/h8-20,32-35,37,49H,21-27H2,1-7H3,(H,43,52)(H,44,53)(H,46,51)(H,47,50). The maximum Gasteiger partial charge on any atom is 0.406 e. The van der Waals surface area contributed by atoms with E-state index in [-0.39, 0.29) is 43.8 Å². The van der Waals surface area contributed by atoms with Crippen molar-refractivity contribution in [2.45, 2.75) is 98.0 Å². The van der Waals surface area contributed by atoms with Gasteiger partial charge in [0.25, 0.3) is 0 Å². The van der Waals surface area contributed by atoms with Crippen LogP contribution in [0, 0.1) is 23.7 Å². The van der Waals surface area contributed by atoms with Gasteiger partial charge in [-0.1, -0.05) is 101 Å². The van der Waals surface area contributed by atoms with Gasteiger partial charge in [-0.3, -0.25) is 14.6 Å². The highest BCUT2D eigenvalue weighted by atomic mass is 16.5. The summed E-state index contributed by atoms with van der Waals surface area (Å²) in [6, 6.07) is 23.2. The third-order valence-electron chi connectivity index (χ3n) is 9.84. The van der Waals surface area contributed by atoms with E-state index in [4.69, 9.17) is 0 Å². The van der Waals surface area contributed by atoms with Crippen LogP contribution < -0.4 is 21.3 Å². The topological polar surface area (TPSA) is 162 Å². The van der Waals surface area contributed by atoms with Crippen molar-refractivity contribution in [2.75, 3.05) is 20.2 Å². The number of aliphatic hydroxyl groups is 1. The van der Waals surface area contributed by atoms with E-state index in [2.05, 4.69) is 31.0 Å². The number of aromatic nitrogens is 1. The Morgan fingerprint density at radius 3 is 2.15 bits per heavy atom. The van der Waals surface area contributed by atoms with Crippen molar-refractivity contribution in [3.05, 3.63) is 101 Å². The van der Waals surface area contributed by atoms with E-state index in [1.807, 2.05) is 120 Å². The minimum absolute atomic E-state index is 0.0924. The van der Waals surface area contributed by atoms with Crippen LogP contribution in [0.25, 0.3) is 0 Å². The van der Waals surface area contributed by atoms with Crippen LogP contribution in [0.1, 0.15) is 70.0 Å². The van der Waals surface area contributed by atoms with Gasteiger partial charge in [0.1, 0.15) is 0 Å². The van der Waals surface area contributed by atoms with Crippen LogP contribution in [-0.2, 0) is 33.7 Å². The number of benzene rings is 2. The quantitative estimate of drug-likeness (QED) is 0.131. The molecule has 0 saturated carbocycles. The summed E-state index contributed by atoms with van der Waals surface area (Å²) >= 11 is 0. The summed E-state index contributed by atoms with van der Waals surface area (Å²) in [6.07, 6.45) is -0.559. The molecule has 3 aromatic rings. The molecule has 1 aromatic heterocycles. The van der Waals surface area contributed by atoms with Crippen molar-refractivity contribution in [2.24, 2.45) is 16.7 Å². The van der Waals surface area contributed by atoms with Gasteiger partial charge >= 0.3 is 12.1 Å². The highest BCUT2D eigenvalue weighted by molar-refractivity contribution is 5.84. The van der Waals surface area contributed by atoms with Gasteiger partial charge in [0.05, 0.1) is 43.5 Å². The highest BCUT2D eigenvalue weighted by Crippen LogP contribution is 2.34. The summed E-state index contributed by atoms with van der Waals surface area (Å²) in [4.78, 5) is 59.2. The third kappa shape index (κ3) is 12.6. The summed E-state index contributed by atoms with van der Waals surface area (Å²) in [5.74, 6) is -1.09. The Hall–Kier alpha value is -4.97. The Balaban J connectivity index is 1.58. The van der Waals surface area contributed by atoms with Gasteiger partial charge in [-0.2, -0.15) is 0 Å². The molecule has 1 aliphatic rings. The molecule has 12 nitrogen and oxygen atoms in total. The second-order valence-corrected chi connectivity index (χ2v) is 16.2. The van der Waals surface area contributed by atoms with Gasteiger partial charge in [0.15, 0.2) is 0 Å². The first-order valence-electron chi connectivity index (χ1n) is 18.7. The normalized spacial score (nSPS) is 16.8. The summed E-state index contributed by atoms with van der Waals surface area (Å²) in [5.41, 5.74) is 2.38. The molecule has 4 rings (SSSR count). The minimum atomic E-state index is -1.04. The van der Waals surface area contributed by atoms with Crippen molar-refractivity contribution in [3.8, 4) is 0 Å². The van der Waals surface area contributed by atoms with Crippen LogP contribution in [0.15, 0.2) is 78.9 Å². The average Bonchev–Trinajstić information content (AvgIpc) is 3.45. The zero-order valence-corrected chi connectivity index (χ0v) is 32.7. The number of carbonyl (C=O) groups is 4. The van der Waals surface area contributed by atoms with Crippen molar-refractivity contribution in [1.82, 2.24) is 31.2 Å². The minimum Gasteiger partial charge on any atom is -0.453 e. The summed E-state index contributed by atoms with van der Waals surface area (Å²) in [6.45, 7) is 12.4. The van der Waals surface area contributed by atoms with Crippen LogP contribution in [-0.4, -0.2) is 83.4 Å². The molecule has 5 unspecified atom stereocenters. The van der Waals surface area contributed by atoms with E-state index >= 15 is 0 Å². The van der Waals surface area contributed by atoms with E-state index in [0.29, 0.717) is 19.4 Å². The lowest BCUT2D eigenvalue weighted by Gasteiger charge is -2.38. The fourth-order valence-electron chi connectivity index (χ4n) is 7.18. The molecule has 1 fully saturated rings. The number of nitrogens with one attached hydrogen (secondary N) is 4. The first-order chi connectivity index (χ1) is 25.5. The number of ether oxygens (including phenoxy) is 1. The number of rotatable bonds is 17. The molecule has 12 heteroatoms. The Labute approximate surface area is 319 Å². The number of aliphatic hydroxyl groups excluding tert-OH is 1. The number of amides is 5. The summed E-state index contributed by atoms with van der Waals surface area (Å²) in [5, 5.41) is 23.9. The van der Waals surface area contributed by atoms with Crippen molar-refractivity contribution < 1.29 is 29.0 Å². The van der Waals surface area contributed by atoms with E-state index in [9.17, 15) is 24.3 Å². The second kappa shape index (κ2) is 18.9. The number of alkyl carbamates (subject to hydrolysis) is 1. The lowest BCUT2D eigenvalue weighted by Crippen LogP contribution is -2.54. The highest BCUT2D eigenvalue weighted by Gasteiger charge is 2.46. The van der Waals surface area contributed by atoms with Crippen LogP contribution in [0.5, 0.6) is 0 Å². The van der Waals surface area contributed by atoms with Crippen molar-refractivity contribution in [3.63, 3.8) is 0 Å².